The van der Waals surface area contributed by atoms with Crippen molar-refractivity contribution in [3.63, 3.8) is 0 Å². The lowest BCUT2D eigenvalue weighted by molar-refractivity contribution is 0.0929. The number of halogens is 1. The van der Waals surface area contributed by atoms with Crippen LogP contribution in [0.15, 0.2) is 22.7 Å². The molecule has 1 aromatic carbocycles. The van der Waals surface area contributed by atoms with Gasteiger partial charge in [0.25, 0.3) is 5.91 Å². The molecule has 0 saturated heterocycles. The highest BCUT2D eigenvalue weighted by Crippen LogP contribution is 2.27. The molecule has 1 aliphatic rings. The zero-order valence-corrected chi connectivity index (χ0v) is 13.8. The molecular formula is C15H20BrNOS. The van der Waals surface area contributed by atoms with E-state index in [1.807, 2.05) is 36.9 Å². The van der Waals surface area contributed by atoms with E-state index in [4.69, 9.17) is 0 Å². The van der Waals surface area contributed by atoms with E-state index >= 15 is 0 Å². The first-order chi connectivity index (χ1) is 9.11. The van der Waals surface area contributed by atoms with Gasteiger partial charge in [0.2, 0.25) is 0 Å². The lowest BCUT2D eigenvalue weighted by Crippen LogP contribution is -2.43. The Morgan fingerprint density at radius 3 is 2.79 bits per heavy atom. The smallest absolute Gasteiger partial charge is 0.251 e. The normalized spacial score (nSPS) is 23.1. The van der Waals surface area contributed by atoms with Crippen molar-refractivity contribution in [2.45, 2.75) is 43.9 Å². The summed E-state index contributed by atoms with van der Waals surface area (Å²) in [5.41, 5.74) is 1.89. The number of carbonyl (C=O) groups is 1. The lowest BCUT2D eigenvalue weighted by Gasteiger charge is -2.31. The Morgan fingerprint density at radius 2 is 2.11 bits per heavy atom. The molecule has 1 amide bonds. The van der Waals surface area contributed by atoms with Crippen LogP contribution in [0.1, 0.15) is 41.6 Å². The summed E-state index contributed by atoms with van der Waals surface area (Å²) in [6.45, 7) is 2.02. The number of aryl methyl sites for hydroxylation is 1. The molecule has 2 atom stereocenters. The van der Waals surface area contributed by atoms with Gasteiger partial charge in [0, 0.05) is 21.3 Å². The van der Waals surface area contributed by atoms with Gasteiger partial charge < -0.3 is 5.32 Å². The number of nitrogens with one attached hydrogen (secondary N) is 1. The van der Waals surface area contributed by atoms with E-state index in [0.29, 0.717) is 11.3 Å². The zero-order valence-electron chi connectivity index (χ0n) is 11.4. The van der Waals surface area contributed by atoms with Crippen molar-refractivity contribution in [3.05, 3.63) is 33.8 Å². The van der Waals surface area contributed by atoms with Crippen LogP contribution in [0.4, 0.5) is 0 Å². The summed E-state index contributed by atoms with van der Waals surface area (Å²) in [4.78, 5) is 12.3. The van der Waals surface area contributed by atoms with Gasteiger partial charge in [-0.05, 0) is 43.7 Å². The monoisotopic (exact) mass is 341 g/mol. The van der Waals surface area contributed by atoms with Crippen molar-refractivity contribution in [2.24, 2.45) is 0 Å². The second-order valence-corrected chi connectivity index (χ2v) is 7.03. The fourth-order valence-corrected chi connectivity index (χ4v) is 3.84. The van der Waals surface area contributed by atoms with E-state index in [2.05, 4.69) is 27.5 Å². The number of benzene rings is 1. The third-order valence-corrected chi connectivity index (χ3v) is 5.78. The molecule has 0 heterocycles. The number of carbonyl (C=O) groups excluding carboxylic acids is 1. The van der Waals surface area contributed by atoms with E-state index in [0.717, 1.165) is 22.0 Å². The lowest BCUT2D eigenvalue weighted by atomic mass is 9.94. The first-order valence-corrected chi connectivity index (χ1v) is 8.79. The average Bonchev–Trinajstić information content (AvgIpc) is 2.42. The third-order valence-electron chi connectivity index (χ3n) is 3.76. The Kier molecular flexibility index (Phi) is 5.34. The quantitative estimate of drug-likeness (QED) is 0.894. The van der Waals surface area contributed by atoms with Crippen molar-refractivity contribution >= 4 is 33.6 Å². The van der Waals surface area contributed by atoms with Crippen molar-refractivity contribution in [2.75, 3.05) is 6.26 Å². The molecule has 1 aliphatic carbocycles. The maximum atomic E-state index is 12.3. The summed E-state index contributed by atoms with van der Waals surface area (Å²) in [6, 6.07) is 6.09. The molecule has 0 radical (unpaired) electrons. The van der Waals surface area contributed by atoms with E-state index in [1.165, 1.54) is 19.3 Å². The van der Waals surface area contributed by atoms with Crippen LogP contribution in [0.25, 0.3) is 0 Å². The van der Waals surface area contributed by atoms with Crippen LogP contribution in [0.3, 0.4) is 0 Å². The second kappa shape index (κ2) is 6.80. The number of hydrogen-bond acceptors (Lipinski definition) is 2. The van der Waals surface area contributed by atoms with Crippen molar-refractivity contribution < 1.29 is 4.79 Å². The summed E-state index contributed by atoms with van der Waals surface area (Å²) in [5, 5.41) is 3.76. The summed E-state index contributed by atoms with van der Waals surface area (Å²) in [5.74, 6) is 0.0478. The topological polar surface area (TPSA) is 29.1 Å². The molecule has 0 aliphatic heterocycles. The maximum Gasteiger partial charge on any atom is 0.251 e. The van der Waals surface area contributed by atoms with Crippen LogP contribution in [-0.4, -0.2) is 23.5 Å². The SMILES string of the molecule is CSC1CCCCC1NC(=O)c1ccc(C)c(Br)c1. The second-order valence-electron chi connectivity index (χ2n) is 5.10. The van der Waals surface area contributed by atoms with Gasteiger partial charge in [0.1, 0.15) is 0 Å². The van der Waals surface area contributed by atoms with Crippen molar-refractivity contribution in [1.82, 2.24) is 5.32 Å². The molecule has 0 aromatic heterocycles. The first-order valence-electron chi connectivity index (χ1n) is 6.71. The molecule has 0 spiro atoms. The molecule has 1 N–H and O–H groups in total. The Labute approximate surface area is 127 Å². The Balaban J connectivity index is 2.05. The van der Waals surface area contributed by atoms with Gasteiger partial charge in [0.05, 0.1) is 0 Å². The molecule has 2 rings (SSSR count). The Morgan fingerprint density at radius 1 is 1.37 bits per heavy atom. The molecule has 2 nitrogen and oxygen atoms in total. The highest BCUT2D eigenvalue weighted by Gasteiger charge is 2.26. The number of rotatable bonds is 3. The summed E-state index contributed by atoms with van der Waals surface area (Å²) in [6.07, 6.45) is 6.96. The summed E-state index contributed by atoms with van der Waals surface area (Å²) >= 11 is 5.35. The van der Waals surface area contributed by atoms with Gasteiger partial charge in [-0.25, -0.2) is 0 Å². The first kappa shape index (κ1) is 14.9. The minimum Gasteiger partial charge on any atom is -0.348 e. The Bertz CT molecular complexity index is 463. The predicted molar refractivity (Wildman–Crippen MR) is 85.9 cm³/mol. The van der Waals surface area contributed by atoms with Crippen LogP contribution in [0.2, 0.25) is 0 Å². The zero-order chi connectivity index (χ0) is 13.8. The number of hydrogen-bond donors (Lipinski definition) is 1. The van der Waals surface area contributed by atoms with Crippen molar-refractivity contribution in [1.29, 1.82) is 0 Å². The van der Waals surface area contributed by atoms with Crippen LogP contribution in [0, 0.1) is 6.92 Å². The molecule has 104 valence electrons. The molecule has 0 bridgehead atoms. The molecule has 1 saturated carbocycles. The van der Waals surface area contributed by atoms with Gasteiger partial charge in [0.15, 0.2) is 0 Å². The molecular weight excluding hydrogens is 322 g/mol. The van der Waals surface area contributed by atoms with Gasteiger partial charge >= 0.3 is 0 Å². The van der Waals surface area contributed by atoms with Gasteiger partial charge in [-0.1, -0.05) is 34.8 Å². The average molecular weight is 342 g/mol. The van der Waals surface area contributed by atoms with Crippen molar-refractivity contribution in [3.8, 4) is 0 Å². The molecule has 19 heavy (non-hydrogen) atoms. The molecule has 2 unspecified atom stereocenters. The number of amides is 1. The summed E-state index contributed by atoms with van der Waals surface area (Å²) in [7, 11) is 0. The molecule has 1 fully saturated rings. The summed E-state index contributed by atoms with van der Waals surface area (Å²) < 4.78 is 0.991. The number of thioether (sulfide) groups is 1. The van der Waals surface area contributed by atoms with Gasteiger partial charge in [-0.15, -0.1) is 0 Å². The third kappa shape index (κ3) is 3.76. The van der Waals surface area contributed by atoms with Gasteiger partial charge in [-0.2, -0.15) is 11.8 Å². The standard InChI is InChI=1S/C15H20BrNOS/c1-10-7-8-11(9-12(10)16)15(18)17-13-5-3-4-6-14(13)19-2/h7-9,13-14H,3-6H2,1-2H3,(H,17,18). The van der Waals surface area contributed by atoms with Gasteiger partial charge in [-0.3, -0.25) is 4.79 Å². The Hall–Kier alpha value is -0.480. The van der Waals surface area contributed by atoms with Crippen LogP contribution in [0.5, 0.6) is 0 Å². The molecule has 4 heteroatoms. The van der Waals surface area contributed by atoms with Crippen LogP contribution >= 0.6 is 27.7 Å². The largest absolute Gasteiger partial charge is 0.348 e. The predicted octanol–water partition coefficient (Wildman–Crippen LogP) is 4.16. The van der Waals surface area contributed by atoms with Crippen LogP contribution < -0.4 is 5.32 Å². The fourth-order valence-electron chi connectivity index (χ4n) is 2.53. The van der Waals surface area contributed by atoms with E-state index < -0.39 is 0 Å². The van der Waals surface area contributed by atoms with E-state index in [-0.39, 0.29) is 5.91 Å². The van der Waals surface area contributed by atoms with Crippen LogP contribution in [-0.2, 0) is 0 Å². The minimum absolute atomic E-state index is 0.0478. The maximum absolute atomic E-state index is 12.3. The van der Waals surface area contributed by atoms with E-state index in [9.17, 15) is 4.79 Å². The highest BCUT2D eigenvalue weighted by atomic mass is 79.9. The minimum atomic E-state index is 0.0478. The molecule has 1 aromatic rings. The van der Waals surface area contributed by atoms with E-state index in [1.54, 1.807) is 0 Å². The fraction of sp³-hybridized carbons (Fsp3) is 0.533. The highest BCUT2D eigenvalue weighted by molar-refractivity contribution is 9.10.